The lowest BCUT2D eigenvalue weighted by Crippen LogP contribution is -2.43. The van der Waals surface area contributed by atoms with Gasteiger partial charge in [-0.2, -0.15) is 0 Å². The van der Waals surface area contributed by atoms with E-state index in [-0.39, 0.29) is 35.7 Å². The number of hydrogen-bond donors (Lipinski definition) is 0. The Hall–Kier alpha value is -2.05. The Morgan fingerprint density at radius 3 is 3.04 bits per heavy atom. The van der Waals surface area contributed by atoms with Crippen molar-refractivity contribution in [1.82, 2.24) is 14.5 Å². The first kappa shape index (κ1) is 14.3. The minimum atomic E-state index is -0.310. The predicted molar refractivity (Wildman–Crippen MR) is 83.0 cm³/mol. The molecule has 0 N–H and O–H groups in total. The van der Waals surface area contributed by atoms with Gasteiger partial charge in [-0.15, -0.1) is 0 Å². The third-order valence-corrected chi connectivity index (χ3v) is 5.76. The maximum Gasteiger partial charge on any atom is 0.409 e. The quantitative estimate of drug-likeness (QED) is 0.765. The third kappa shape index (κ3) is 1.75. The van der Waals surface area contributed by atoms with Crippen LogP contribution in [0.15, 0.2) is 0 Å². The van der Waals surface area contributed by atoms with Gasteiger partial charge in [0, 0.05) is 30.8 Å². The summed E-state index contributed by atoms with van der Waals surface area (Å²) in [4.78, 5) is 18.1. The first-order valence-corrected chi connectivity index (χ1v) is 8.57. The van der Waals surface area contributed by atoms with Crippen LogP contribution < -0.4 is 10.7 Å². The number of fused-ring (bicyclic) bond motifs is 2. The second kappa shape index (κ2) is 4.74. The molecule has 7 heteroatoms. The molecule has 0 bridgehead atoms. The van der Waals surface area contributed by atoms with E-state index in [2.05, 4.69) is 11.5 Å². The number of hydrogen-bond acceptors (Lipinski definition) is 4. The average Bonchev–Trinajstić information content (AvgIpc) is 3.05. The molecule has 2 fully saturated rings. The molecule has 3 heterocycles. The van der Waals surface area contributed by atoms with Gasteiger partial charge in [0.25, 0.3) is 0 Å². The Morgan fingerprint density at radius 2 is 2.25 bits per heavy atom. The summed E-state index contributed by atoms with van der Waals surface area (Å²) in [5.74, 6) is 2.00. The van der Waals surface area contributed by atoms with Gasteiger partial charge in [0.15, 0.2) is 0 Å². The van der Waals surface area contributed by atoms with Gasteiger partial charge in [-0.3, -0.25) is 0 Å². The fraction of sp³-hybridized carbons (Fsp3) is 0.647. The zero-order chi connectivity index (χ0) is 16.6. The summed E-state index contributed by atoms with van der Waals surface area (Å²) in [6.45, 7) is 3.89. The van der Waals surface area contributed by atoms with Crippen LogP contribution in [-0.4, -0.2) is 47.4 Å². The monoisotopic (exact) mass is 333 g/mol. The van der Waals surface area contributed by atoms with Crippen molar-refractivity contribution in [2.24, 2.45) is 11.8 Å². The molecular formula is C17H20FN3O3. The maximum absolute atomic E-state index is 14.7. The van der Waals surface area contributed by atoms with Crippen molar-refractivity contribution >= 4 is 17.7 Å². The highest BCUT2D eigenvalue weighted by molar-refractivity contribution is 5.68. The van der Waals surface area contributed by atoms with Crippen molar-refractivity contribution in [3.8, 4) is 0 Å². The van der Waals surface area contributed by atoms with E-state index in [4.69, 9.17) is 14.5 Å². The summed E-state index contributed by atoms with van der Waals surface area (Å²) in [7, 11) is 1.39. The van der Waals surface area contributed by atoms with Crippen molar-refractivity contribution in [3.63, 3.8) is 0 Å². The molecule has 2 aliphatic carbocycles. The highest BCUT2D eigenvalue weighted by atomic mass is 19.1. The number of rotatable bonds is 1. The lowest BCUT2D eigenvalue weighted by atomic mass is 10.1. The van der Waals surface area contributed by atoms with E-state index in [0.29, 0.717) is 25.0 Å². The number of methoxy groups -OCH3 is 1. The van der Waals surface area contributed by atoms with E-state index in [1.165, 1.54) is 7.11 Å². The Balaban J connectivity index is 1.64. The Bertz CT molecular complexity index is 861. The van der Waals surface area contributed by atoms with E-state index >= 15 is 0 Å². The number of nitrogens with zero attached hydrogens (tertiary/aromatic N) is 3. The Kier molecular flexibility index (Phi) is 2.82. The topological polar surface area (TPSA) is 56.6 Å². The normalized spacial score (nSPS) is 33.0. The van der Waals surface area contributed by atoms with Crippen LogP contribution in [-0.2, 0) is 9.47 Å². The van der Waals surface area contributed by atoms with Crippen molar-refractivity contribution in [1.29, 1.82) is 0 Å². The molecule has 1 saturated carbocycles. The number of likely N-dealkylation sites (tertiary alicyclic amines) is 1. The summed E-state index contributed by atoms with van der Waals surface area (Å²) in [6.07, 6.45) is 1.35. The smallest absolute Gasteiger partial charge is 0.409 e. The first-order chi connectivity index (χ1) is 11.6. The molecule has 2 aliphatic heterocycles. The van der Waals surface area contributed by atoms with Gasteiger partial charge >= 0.3 is 6.09 Å². The molecule has 4 atom stereocenters. The van der Waals surface area contributed by atoms with Crippen molar-refractivity contribution < 1.29 is 18.7 Å². The second-order valence-electron chi connectivity index (χ2n) is 7.26. The van der Waals surface area contributed by atoms with Crippen molar-refractivity contribution in [2.45, 2.75) is 31.7 Å². The third-order valence-electron chi connectivity index (χ3n) is 5.76. The number of halogens is 1. The molecule has 0 aromatic carbocycles. The van der Waals surface area contributed by atoms with Gasteiger partial charge in [-0.25, -0.2) is 14.2 Å². The molecular weight excluding hydrogens is 313 g/mol. The van der Waals surface area contributed by atoms with Crippen LogP contribution in [0.5, 0.6) is 0 Å². The highest BCUT2D eigenvalue weighted by Crippen LogP contribution is 2.52. The van der Waals surface area contributed by atoms with Crippen LogP contribution in [0.1, 0.15) is 37.5 Å². The maximum atomic E-state index is 14.7. The van der Waals surface area contributed by atoms with E-state index in [9.17, 15) is 9.18 Å². The summed E-state index contributed by atoms with van der Waals surface area (Å²) in [5.41, 5.74) is 0. The van der Waals surface area contributed by atoms with E-state index in [1.807, 2.05) is 0 Å². The summed E-state index contributed by atoms with van der Waals surface area (Å²) in [6, 6.07) is 0.121. The zero-order valence-electron chi connectivity index (χ0n) is 13.8. The number of carbonyl (C=O) groups is 1. The van der Waals surface area contributed by atoms with Crippen molar-refractivity contribution in [2.75, 3.05) is 26.8 Å². The standard InChI is InChI=1S/C17H20FN3O3/c1-8-7-24-15-11-5-10(11)12(18)13-14(15)21(8)16(19-13)9-3-4-20(6-9)17(22)23-2/h8-11H,3-7H2,1-2H3/t8?,9-,10?,11?/m0/s1. The van der Waals surface area contributed by atoms with Gasteiger partial charge < -0.3 is 18.9 Å². The zero-order valence-corrected chi connectivity index (χ0v) is 13.8. The molecule has 5 rings (SSSR count). The minimum Gasteiger partial charge on any atom is -0.493 e. The summed E-state index contributed by atoms with van der Waals surface area (Å²) < 4.78 is 27.6. The van der Waals surface area contributed by atoms with Crippen LogP contribution in [0.2, 0.25) is 0 Å². The van der Waals surface area contributed by atoms with E-state index in [1.54, 1.807) is 4.90 Å². The van der Waals surface area contributed by atoms with Gasteiger partial charge in [-0.05, 0) is 19.8 Å². The van der Waals surface area contributed by atoms with Crippen LogP contribution >= 0.6 is 0 Å². The van der Waals surface area contributed by atoms with E-state index in [0.717, 1.165) is 29.8 Å². The molecule has 1 aromatic rings. The average molecular weight is 333 g/mol. The molecule has 1 aromatic heterocycles. The number of ether oxygens (including phenoxy) is 2. The number of amides is 1. The summed E-state index contributed by atoms with van der Waals surface area (Å²) in [5, 5.41) is 1.32. The lowest BCUT2D eigenvalue weighted by molar-refractivity contribution is 0.132. The van der Waals surface area contributed by atoms with E-state index < -0.39 is 0 Å². The van der Waals surface area contributed by atoms with Gasteiger partial charge in [-0.1, -0.05) is 0 Å². The van der Waals surface area contributed by atoms with Gasteiger partial charge in [0.2, 0.25) is 0 Å². The number of imidazole rings is 1. The second-order valence-corrected chi connectivity index (χ2v) is 7.26. The molecule has 6 nitrogen and oxygen atoms in total. The van der Waals surface area contributed by atoms with Crippen LogP contribution in [0.3, 0.4) is 0 Å². The fourth-order valence-corrected chi connectivity index (χ4v) is 4.43. The molecule has 0 radical (unpaired) electrons. The Morgan fingerprint density at radius 1 is 1.42 bits per heavy atom. The molecule has 0 spiro atoms. The summed E-state index contributed by atoms with van der Waals surface area (Å²) >= 11 is 0. The van der Waals surface area contributed by atoms with Crippen molar-refractivity contribution in [3.05, 3.63) is 16.5 Å². The SMILES string of the molecule is COC(=O)N1CC[C@H](c2nc3c4n2C(C)COC=4C2CC2C=3F)C1. The minimum absolute atomic E-state index is 0.0350. The van der Waals surface area contributed by atoms with Gasteiger partial charge in [0.1, 0.15) is 34.7 Å². The lowest BCUT2D eigenvalue weighted by Gasteiger charge is -2.26. The van der Waals surface area contributed by atoms with Gasteiger partial charge in [0.05, 0.1) is 13.2 Å². The van der Waals surface area contributed by atoms with Crippen LogP contribution in [0, 0.1) is 11.8 Å². The Labute approximate surface area is 138 Å². The van der Waals surface area contributed by atoms with Crippen LogP contribution in [0.4, 0.5) is 9.18 Å². The predicted octanol–water partition coefficient (Wildman–Crippen LogP) is 0.866. The van der Waals surface area contributed by atoms with Crippen LogP contribution in [0.25, 0.3) is 11.6 Å². The number of aromatic nitrogens is 2. The first-order valence-electron chi connectivity index (χ1n) is 8.57. The number of carbonyl (C=O) groups excluding carboxylic acids is 1. The largest absolute Gasteiger partial charge is 0.493 e. The highest BCUT2D eigenvalue weighted by Gasteiger charge is 2.50. The molecule has 3 unspecified atom stereocenters. The molecule has 24 heavy (non-hydrogen) atoms. The molecule has 128 valence electrons. The molecule has 1 saturated heterocycles. The fourth-order valence-electron chi connectivity index (χ4n) is 4.43. The molecule has 4 aliphatic rings. The molecule has 1 amide bonds.